The molecular weight excluding hydrogens is 270 g/mol. The molecule has 1 aliphatic heterocycles. The van der Waals surface area contributed by atoms with Crippen molar-refractivity contribution < 1.29 is 19.0 Å². The number of carbonyl (C=O) groups is 1. The number of rotatable bonds is 3. The first-order chi connectivity index (χ1) is 10.0. The van der Waals surface area contributed by atoms with E-state index in [9.17, 15) is 4.79 Å². The minimum Gasteiger partial charge on any atom is -0.493 e. The van der Waals surface area contributed by atoms with Crippen LogP contribution in [0.1, 0.15) is 24.5 Å². The van der Waals surface area contributed by atoms with Crippen molar-refractivity contribution in [2.24, 2.45) is 0 Å². The lowest BCUT2D eigenvalue weighted by Gasteiger charge is -2.24. The van der Waals surface area contributed by atoms with E-state index in [1.54, 1.807) is 33.2 Å². The van der Waals surface area contributed by atoms with Crippen LogP contribution < -0.4 is 14.2 Å². The van der Waals surface area contributed by atoms with E-state index in [0.717, 1.165) is 24.0 Å². The lowest BCUT2D eigenvalue weighted by Crippen LogP contribution is -2.26. The zero-order chi connectivity index (χ0) is 15.6. The summed E-state index contributed by atoms with van der Waals surface area (Å²) in [5.74, 6) is 1.68. The second-order valence-corrected chi connectivity index (χ2v) is 4.90. The van der Waals surface area contributed by atoms with Crippen molar-refractivity contribution in [1.82, 2.24) is 4.90 Å². The van der Waals surface area contributed by atoms with Gasteiger partial charge in [0, 0.05) is 24.7 Å². The fraction of sp³-hybridized carbons (Fsp3) is 0.438. The van der Waals surface area contributed by atoms with Gasteiger partial charge in [-0.25, -0.2) is 0 Å². The summed E-state index contributed by atoms with van der Waals surface area (Å²) in [4.78, 5) is 13.5. The number of benzene rings is 1. The third-order valence-corrected chi connectivity index (χ3v) is 3.73. The summed E-state index contributed by atoms with van der Waals surface area (Å²) in [6.45, 7) is 6.28. The van der Waals surface area contributed by atoms with Crippen LogP contribution in [0.5, 0.6) is 17.2 Å². The number of methoxy groups -OCH3 is 3. The van der Waals surface area contributed by atoms with Gasteiger partial charge in [-0.2, -0.15) is 0 Å². The summed E-state index contributed by atoms with van der Waals surface area (Å²) < 4.78 is 16.3. The van der Waals surface area contributed by atoms with Crippen LogP contribution in [0, 0.1) is 0 Å². The van der Waals surface area contributed by atoms with E-state index in [0.29, 0.717) is 29.5 Å². The first-order valence-electron chi connectivity index (χ1n) is 6.84. The number of hydrogen-bond acceptors (Lipinski definition) is 4. The van der Waals surface area contributed by atoms with Crippen molar-refractivity contribution in [3.8, 4) is 17.2 Å². The van der Waals surface area contributed by atoms with Gasteiger partial charge in [0.25, 0.3) is 0 Å². The Hall–Kier alpha value is -2.17. The van der Waals surface area contributed by atoms with Gasteiger partial charge in [0.05, 0.1) is 21.3 Å². The third-order valence-electron chi connectivity index (χ3n) is 3.73. The first kappa shape index (κ1) is 15.2. The third kappa shape index (κ3) is 2.55. The quantitative estimate of drug-likeness (QED) is 0.858. The molecule has 1 heterocycles. The van der Waals surface area contributed by atoms with Crippen molar-refractivity contribution in [1.29, 1.82) is 0 Å². The minimum absolute atomic E-state index is 0.0234. The molecule has 5 heteroatoms. The van der Waals surface area contributed by atoms with E-state index < -0.39 is 0 Å². The second kappa shape index (κ2) is 6.08. The predicted molar refractivity (Wildman–Crippen MR) is 80.8 cm³/mol. The summed E-state index contributed by atoms with van der Waals surface area (Å²) in [5, 5.41) is 0. The van der Waals surface area contributed by atoms with Crippen LogP contribution >= 0.6 is 0 Å². The molecule has 0 saturated carbocycles. The van der Waals surface area contributed by atoms with Crippen LogP contribution in [0.2, 0.25) is 0 Å². The highest BCUT2D eigenvalue weighted by molar-refractivity contribution is 5.88. The Labute approximate surface area is 125 Å². The first-order valence-corrected chi connectivity index (χ1v) is 6.84. The summed E-state index contributed by atoms with van der Waals surface area (Å²) >= 11 is 0. The topological polar surface area (TPSA) is 48.0 Å². The summed E-state index contributed by atoms with van der Waals surface area (Å²) in [6.07, 6.45) is 1.69. The maximum Gasteiger partial charge on any atom is 0.223 e. The van der Waals surface area contributed by atoms with Crippen LogP contribution in [0.25, 0.3) is 5.70 Å². The summed E-state index contributed by atoms with van der Waals surface area (Å²) in [7, 11) is 4.74. The van der Waals surface area contributed by atoms with Crippen molar-refractivity contribution >= 4 is 11.6 Å². The standard InChI is InChI=1S/C16H21NO4/c1-10-14-12(7-6-8-17(10)11(2)18)9-13(19-3)15(20-4)16(14)21-5/h9H,1,6-8H2,2-5H3. The largest absolute Gasteiger partial charge is 0.493 e. The van der Waals surface area contributed by atoms with Crippen molar-refractivity contribution in [3.63, 3.8) is 0 Å². The van der Waals surface area contributed by atoms with E-state index >= 15 is 0 Å². The molecule has 1 aliphatic rings. The summed E-state index contributed by atoms with van der Waals surface area (Å²) in [6, 6.07) is 1.94. The Morgan fingerprint density at radius 3 is 2.38 bits per heavy atom. The Bertz CT molecular complexity index is 580. The molecule has 1 aromatic rings. The van der Waals surface area contributed by atoms with E-state index in [4.69, 9.17) is 14.2 Å². The second-order valence-electron chi connectivity index (χ2n) is 4.90. The zero-order valence-electron chi connectivity index (χ0n) is 13.0. The van der Waals surface area contributed by atoms with Gasteiger partial charge < -0.3 is 19.1 Å². The molecule has 2 rings (SSSR count). The molecule has 0 aliphatic carbocycles. The van der Waals surface area contributed by atoms with Gasteiger partial charge in [-0.15, -0.1) is 0 Å². The molecular formula is C16H21NO4. The SMILES string of the molecule is C=C1c2c(cc(OC)c(OC)c2OC)CCCN1C(C)=O. The molecule has 21 heavy (non-hydrogen) atoms. The normalized spacial score (nSPS) is 14.3. The smallest absolute Gasteiger partial charge is 0.223 e. The monoisotopic (exact) mass is 291 g/mol. The highest BCUT2D eigenvalue weighted by Crippen LogP contribution is 2.46. The molecule has 1 aromatic carbocycles. The molecule has 0 spiro atoms. The molecule has 0 radical (unpaired) electrons. The fourth-order valence-corrected chi connectivity index (χ4v) is 2.77. The van der Waals surface area contributed by atoms with Gasteiger partial charge in [-0.1, -0.05) is 6.58 Å². The minimum atomic E-state index is -0.0234. The lowest BCUT2D eigenvalue weighted by atomic mass is 9.99. The molecule has 0 atom stereocenters. The molecule has 0 saturated heterocycles. The van der Waals surface area contributed by atoms with Gasteiger partial charge in [0.1, 0.15) is 0 Å². The van der Waals surface area contributed by atoms with E-state index in [2.05, 4.69) is 6.58 Å². The fourth-order valence-electron chi connectivity index (χ4n) is 2.77. The Morgan fingerprint density at radius 2 is 1.86 bits per heavy atom. The number of fused-ring (bicyclic) bond motifs is 1. The Morgan fingerprint density at radius 1 is 1.19 bits per heavy atom. The van der Waals surface area contributed by atoms with Crippen LogP contribution in [0.3, 0.4) is 0 Å². The number of ether oxygens (including phenoxy) is 3. The van der Waals surface area contributed by atoms with Crippen LogP contribution in [-0.4, -0.2) is 38.7 Å². The number of amides is 1. The Balaban J connectivity index is 2.69. The van der Waals surface area contributed by atoms with Crippen molar-refractivity contribution in [3.05, 3.63) is 23.8 Å². The zero-order valence-corrected chi connectivity index (χ0v) is 13.0. The Kier molecular flexibility index (Phi) is 4.40. The molecule has 114 valence electrons. The molecule has 0 aromatic heterocycles. The highest BCUT2D eigenvalue weighted by Gasteiger charge is 2.28. The number of hydrogen-bond donors (Lipinski definition) is 0. The van der Waals surface area contributed by atoms with E-state index in [1.807, 2.05) is 6.07 Å². The molecule has 0 bridgehead atoms. The van der Waals surface area contributed by atoms with Gasteiger partial charge in [-0.05, 0) is 24.5 Å². The van der Waals surface area contributed by atoms with Crippen LogP contribution in [-0.2, 0) is 11.2 Å². The lowest BCUT2D eigenvalue weighted by molar-refractivity contribution is -0.125. The van der Waals surface area contributed by atoms with Gasteiger partial charge >= 0.3 is 0 Å². The van der Waals surface area contributed by atoms with Gasteiger partial charge in [-0.3, -0.25) is 4.79 Å². The van der Waals surface area contributed by atoms with Crippen molar-refractivity contribution in [2.45, 2.75) is 19.8 Å². The van der Waals surface area contributed by atoms with Crippen molar-refractivity contribution in [2.75, 3.05) is 27.9 Å². The van der Waals surface area contributed by atoms with E-state index in [-0.39, 0.29) is 5.91 Å². The molecule has 1 amide bonds. The predicted octanol–water partition coefficient (Wildman–Crippen LogP) is 2.48. The average Bonchev–Trinajstić information content (AvgIpc) is 2.64. The van der Waals surface area contributed by atoms with Gasteiger partial charge in [0.15, 0.2) is 11.5 Å². The van der Waals surface area contributed by atoms with Crippen LogP contribution in [0.4, 0.5) is 0 Å². The van der Waals surface area contributed by atoms with Gasteiger partial charge in [0.2, 0.25) is 11.7 Å². The molecule has 0 N–H and O–H groups in total. The maximum atomic E-state index is 11.8. The van der Waals surface area contributed by atoms with E-state index in [1.165, 1.54) is 0 Å². The average molecular weight is 291 g/mol. The number of aryl methyl sites for hydroxylation is 1. The maximum absolute atomic E-state index is 11.8. The summed E-state index contributed by atoms with van der Waals surface area (Å²) in [5.41, 5.74) is 2.52. The number of carbonyl (C=O) groups excluding carboxylic acids is 1. The number of nitrogens with zero attached hydrogens (tertiary/aromatic N) is 1. The molecule has 5 nitrogen and oxygen atoms in total. The molecule has 0 fully saturated rings. The highest BCUT2D eigenvalue weighted by atomic mass is 16.5. The molecule has 0 unspecified atom stereocenters. The van der Waals surface area contributed by atoms with Crippen LogP contribution in [0.15, 0.2) is 12.6 Å².